The number of hydrogen-bond donors (Lipinski definition) is 1. The van der Waals surface area contributed by atoms with Gasteiger partial charge in [0.2, 0.25) is 5.88 Å². The zero-order chi connectivity index (χ0) is 26.4. The maximum Gasteiger partial charge on any atom is 0.227 e. The number of benzene rings is 3. The van der Waals surface area contributed by atoms with Crippen molar-refractivity contribution in [3.8, 4) is 23.1 Å². The molecule has 0 unspecified atom stereocenters. The highest BCUT2D eigenvalue weighted by Crippen LogP contribution is 2.35. The van der Waals surface area contributed by atoms with Crippen molar-refractivity contribution in [2.24, 2.45) is 0 Å². The summed E-state index contributed by atoms with van der Waals surface area (Å²) < 4.78 is 13.8. The number of nitrogens with zero attached hydrogens (tertiary/aromatic N) is 3. The van der Waals surface area contributed by atoms with Gasteiger partial charge in [0.15, 0.2) is 0 Å². The van der Waals surface area contributed by atoms with E-state index >= 15 is 0 Å². The molecule has 4 aromatic rings. The van der Waals surface area contributed by atoms with Crippen molar-refractivity contribution < 1.29 is 14.6 Å². The van der Waals surface area contributed by atoms with Gasteiger partial charge in [0, 0.05) is 19.1 Å². The Morgan fingerprint density at radius 1 is 0.838 bits per heavy atom. The van der Waals surface area contributed by atoms with E-state index in [1.165, 1.54) is 0 Å². The van der Waals surface area contributed by atoms with Crippen LogP contribution in [-0.2, 0) is 6.54 Å². The summed E-state index contributed by atoms with van der Waals surface area (Å²) in [5, 5.41) is 16.1. The minimum absolute atomic E-state index is 0.181. The van der Waals surface area contributed by atoms with Crippen LogP contribution in [0.15, 0.2) is 84.9 Å². The van der Waals surface area contributed by atoms with Gasteiger partial charge in [-0.3, -0.25) is 4.90 Å². The van der Waals surface area contributed by atoms with Gasteiger partial charge in [-0.25, -0.2) is 4.68 Å². The minimum Gasteiger partial charge on any atom is -0.497 e. The molecule has 194 valence electrons. The zero-order valence-electron chi connectivity index (χ0n) is 22.3. The molecule has 0 aliphatic rings. The third-order valence-corrected chi connectivity index (χ3v) is 6.47. The molecule has 0 fully saturated rings. The first-order valence-corrected chi connectivity index (χ1v) is 12.8. The summed E-state index contributed by atoms with van der Waals surface area (Å²) in [4.78, 5) is 2.27. The van der Waals surface area contributed by atoms with E-state index in [1.54, 1.807) is 7.11 Å². The number of hydrogen-bond acceptors (Lipinski definition) is 5. The molecule has 37 heavy (non-hydrogen) atoms. The Hall–Kier alpha value is -3.61. The van der Waals surface area contributed by atoms with Crippen LogP contribution >= 0.6 is 0 Å². The zero-order valence-corrected chi connectivity index (χ0v) is 22.3. The van der Waals surface area contributed by atoms with Crippen molar-refractivity contribution in [3.63, 3.8) is 0 Å². The van der Waals surface area contributed by atoms with Crippen LogP contribution in [-0.4, -0.2) is 39.5 Å². The van der Waals surface area contributed by atoms with E-state index in [1.807, 2.05) is 89.6 Å². The lowest BCUT2D eigenvalue weighted by atomic mass is 10.0. The number of para-hydroxylation sites is 1. The third-order valence-electron chi connectivity index (χ3n) is 6.47. The lowest BCUT2D eigenvalue weighted by molar-refractivity contribution is 0.0901. The van der Waals surface area contributed by atoms with Crippen LogP contribution in [0.3, 0.4) is 0 Å². The molecule has 0 saturated carbocycles. The molecule has 4 rings (SSSR count). The second kappa shape index (κ2) is 12.1. The molecule has 3 aromatic carbocycles. The van der Waals surface area contributed by atoms with E-state index in [9.17, 15) is 5.11 Å². The number of rotatable bonds is 11. The smallest absolute Gasteiger partial charge is 0.227 e. The van der Waals surface area contributed by atoms with Crippen LogP contribution in [0.4, 0.5) is 0 Å². The normalized spacial score (nSPS) is 12.4. The summed E-state index contributed by atoms with van der Waals surface area (Å²) in [6, 6.07) is 27.6. The van der Waals surface area contributed by atoms with Crippen molar-refractivity contribution in [2.75, 3.05) is 13.7 Å². The molecule has 1 atom stereocenters. The minimum atomic E-state index is -0.596. The Labute approximate surface area is 220 Å². The van der Waals surface area contributed by atoms with Gasteiger partial charge in [0.05, 0.1) is 30.2 Å². The quantitative estimate of drug-likeness (QED) is 0.248. The monoisotopic (exact) mass is 499 g/mol. The summed E-state index contributed by atoms with van der Waals surface area (Å²) >= 11 is 0. The number of methoxy groups -OCH3 is 1. The van der Waals surface area contributed by atoms with Crippen molar-refractivity contribution in [3.05, 3.63) is 102 Å². The molecule has 1 heterocycles. The molecule has 0 saturated heterocycles. The van der Waals surface area contributed by atoms with Gasteiger partial charge in [-0.1, -0.05) is 62.4 Å². The Bertz CT molecular complexity index is 1250. The average molecular weight is 500 g/mol. The molecular weight excluding hydrogens is 462 g/mol. The molecule has 6 heteroatoms. The number of aliphatic hydroxyl groups excluding tert-OH is 1. The highest BCUT2D eigenvalue weighted by molar-refractivity contribution is 5.46. The Morgan fingerprint density at radius 3 is 2.03 bits per heavy atom. The summed E-state index contributed by atoms with van der Waals surface area (Å²) in [5.74, 6) is 2.39. The highest BCUT2D eigenvalue weighted by Gasteiger charge is 2.27. The van der Waals surface area contributed by atoms with E-state index < -0.39 is 6.10 Å². The van der Waals surface area contributed by atoms with E-state index in [0.29, 0.717) is 19.0 Å². The fourth-order valence-electron chi connectivity index (χ4n) is 4.33. The second-order valence-electron chi connectivity index (χ2n) is 9.80. The molecular formula is C31H37N3O3. The molecule has 0 radical (unpaired) electrons. The van der Waals surface area contributed by atoms with Gasteiger partial charge < -0.3 is 14.6 Å². The van der Waals surface area contributed by atoms with Crippen LogP contribution in [0.1, 0.15) is 56.5 Å². The molecule has 1 aromatic heterocycles. The van der Waals surface area contributed by atoms with Crippen LogP contribution < -0.4 is 9.47 Å². The summed E-state index contributed by atoms with van der Waals surface area (Å²) in [6.07, 6.45) is -0.596. The standard InChI is InChI=1S/C31H37N3O3/c1-22(2)30-28(20-33(23(3)4)21-29(35)24-12-8-6-9-13-24)31(37-27-14-10-7-11-15-27)34(32-30)25-16-18-26(36-5)19-17-25/h6-19,22-23,29,35H,20-21H2,1-5H3/t29-/m1/s1. The van der Waals surface area contributed by atoms with Crippen molar-refractivity contribution in [1.29, 1.82) is 0 Å². The molecule has 0 spiro atoms. The molecule has 0 aliphatic heterocycles. The molecule has 1 N–H and O–H groups in total. The first-order chi connectivity index (χ1) is 17.9. The summed E-state index contributed by atoms with van der Waals surface area (Å²) in [7, 11) is 1.66. The predicted molar refractivity (Wildman–Crippen MR) is 148 cm³/mol. The van der Waals surface area contributed by atoms with Gasteiger partial charge >= 0.3 is 0 Å². The largest absolute Gasteiger partial charge is 0.497 e. The number of ether oxygens (including phenoxy) is 2. The first-order valence-electron chi connectivity index (χ1n) is 12.8. The van der Waals surface area contributed by atoms with Crippen LogP contribution in [0.5, 0.6) is 17.4 Å². The van der Waals surface area contributed by atoms with Crippen molar-refractivity contribution in [2.45, 2.75) is 52.3 Å². The van der Waals surface area contributed by atoms with Crippen LogP contribution in [0.2, 0.25) is 0 Å². The number of aromatic nitrogens is 2. The van der Waals surface area contributed by atoms with Gasteiger partial charge in [0.1, 0.15) is 11.5 Å². The third kappa shape index (κ3) is 6.40. The Morgan fingerprint density at radius 2 is 1.46 bits per heavy atom. The topological polar surface area (TPSA) is 59.8 Å². The second-order valence-corrected chi connectivity index (χ2v) is 9.80. The predicted octanol–water partition coefficient (Wildman–Crippen LogP) is 6.74. The van der Waals surface area contributed by atoms with Crippen LogP contribution in [0.25, 0.3) is 5.69 Å². The van der Waals surface area contributed by atoms with Crippen molar-refractivity contribution in [1.82, 2.24) is 14.7 Å². The van der Waals surface area contributed by atoms with E-state index in [4.69, 9.17) is 14.6 Å². The summed E-state index contributed by atoms with van der Waals surface area (Å²) in [5.41, 5.74) is 3.79. The summed E-state index contributed by atoms with van der Waals surface area (Å²) in [6.45, 7) is 9.69. The van der Waals surface area contributed by atoms with Gasteiger partial charge in [0.25, 0.3) is 0 Å². The molecule has 0 amide bonds. The van der Waals surface area contributed by atoms with Crippen molar-refractivity contribution >= 4 is 0 Å². The number of aliphatic hydroxyl groups is 1. The fraction of sp³-hybridized carbons (Fsp3) is 0.323. The molecule has 0 aliphatic carbocycles. The van der Waals surface area contributed by atoms with E-state index in [2.05, 4.69) is 32.6 Å². The maximum atomic E-state index is 11.0. The van der Waals surface area contributed by atoms with Gasteiger partial charge in [-0.05, 0) is 61.7 Å². The lowest BCUT2D eigenvalue weighted by Gasteiger charge is -2.29. The molecule has 0 bridgehead atoms. The Kier molecular flexibility index (Phi) is 8.64. The average Bonchev–Trinajstić information content (AvgIpc) is 3.27. The van der Waals surface area contributed by atoms with E-state index in [-0.39, 0.29) is 12.0 Å². The van der Waals surface area contributed by atoms with Gasteiger partial charge in [-0.15, -0.1) is 0 Å². The highest BCUT2D eigenvalue weighted by atomic mass is 16.5. The van der Waals surface area contributed by atoms with E-state index in [0.717, 1.165) is 34.0 Å². The first kappa shape index (κ1) is 26.5. The SMILES string of the molecule is COc1ccc(-n2nc(C(C)C)c(CN(C[C@@H](O)c3ccccc3)C(C)C)c2Oc2ccccc2)cc1. The Balaban J connectivity index is 1.77. The van der Waals surface area contributed by atoms with Gasteiger partial charge in [-0.2, -0.15) is 5.10 Å². The lowest BCUT2D eigenvalue weighted by Crippen LogP contribution is -2.34. The molecule has 6 nitrogen and oxygen atoms in total. The maximum absolute atomic E-state index is 11.0. The fourth-order valence-corrected chi connectivity index (χ4v) is 4.33. The van der Waals surface area contributed by atoms with Crippen LogP contribution in [0, 0.1) is 0 Å².